The fourth-order valence-electron chi connectivity index (χ4n) is 0.799. The number of pyridine rings is 1. The Hall–Kier alpha value is -1.31. The van der Waals surface area contributed by atoms with E-state index < -0.39 is 0 Å². The Morgan fingerprint density at radius 3 is 2.07 bits per heavy atom. The summed E-state index contributed by atoms with van der Waals surface area (Å²) in [4.78, 5) is 4.05. The average molecular weight is 209 g/mol. The smallest absolute Gasteiger partial charge is 0.152 e. The van der Waals surface area contributed by atoms with Gasteiger partial charge in [0.25, 0.3) is 0 Å². The van der Waals surface area contributed by atoms with Crippen LogP contribution in [0, 0.1) is 0 Å². The third-order valence-electron chi connectivity index (χ3n) is 1.22. The van der Waals surface area contributed by atoms with Crippen molar-refractivity contribution in [2.75, 3.05) is 0 Å². The fraction of sp³-hybridized carbons (Fsp3) is 0.462. The molecule has 0 bridgehead atoms. The Balaban J connectivity index is 0. The molecule has 0 aliphatic rings. The lowest BCUT2D eigenvalue weighted by Crippen LogP contribution is -1.66. The molecule has 0 fully saturated rings. The normalized spacial score (nSPS) is 7.33. The first-order chi connectivity index (χ1) is 7.47. The minimum atomic E-state index is 0.845. The van der Waals surface area contributed by atoms with E-state index in [2.05, 4.69) is 4.98 Å². The minimum Gasteiger partial charge on any atom is -0.463 e. The van der Waals surface area contributed by atoms with Gasteiger partial charge >= 0.3 is 0 Å². The molecule has 0 radical (unpaired) electrons. The number of furan rings is 1. The predicted molar refractivity (Wildman–Crippen MR) is 68.1 cm³/mol. The summed E-state index contributed by atoms with van der Waals surface area (Å²) < 4.78 is 5.06. The molecular formula is C13H23NO. The molecule has 2 aromatic heterocycles. The van der Waals surface area contributed by atoms with Crippen LogP contribution in [0.4, 0.5) is 0 Å². The molecule has 0 N–H and O–H groups in total. The molecule has 15 heavy (non-hydrogen) atoms. The number of hydrogen-bond donors (Lipinski definition) is 0. The molecule has 0 aliphatic carbocycles. The number of nitrogens with zero attached hydrogens (tertiary/aromatic N) is 1. The van der Waals surface area contributed by atoms with Crippen molar-refractivity contribution in [3.05, 3.63) is 30.7 Å². The van der Waals surface area contributed by atoms with E-state index in [1.165, 1.54) is 0 Å². The van der Waals surface area contributed by atoms with Gasteiger partial charge in [0, 0.05) is 12.3 Å². The summed E-state index contributed by atoms with van der Waals surface area (Å²) in [5.41, 5.74) is 1.76. The first-order valence-corrected chi connectivity index (χ1v) is 5.75. The van der Waals surface area contributed by atoms with Crippen LogP contribution in [0.5, 0.6) is 0 Å². The first kappa shape index (κ1) is 16.1. The maximum atomic E-state index is 5.06. The maximum absolute atomic E-state index is 5.06. The van der Waals surface area contributed by atoms with Crippen molar-refractivity contribution < 1.29 is 4.42 Å². The summed E-state index contributed by atoms with van der Waals surface area (Å²) in [5.74, 6) is 0. The third kappa shape index (κ3) is 5.89. The van der Waals surface area contributed by atoms with Gasteiger partial charge in [0.15, 0.2) is 5.58 Å². The van der Waals surface area contributed by atoms with E-state index in [9.17, 15) is 0 Å². The van der Waals surface area contributed by atoms with Gasteiger partial charge < -0.3 is 4.42 Å². The molecule has 0 aliphatic heterocycles. The van der Waals surface area contributed by atoms with Crippen molar-refractivity contribution >= 4 is 11.1 Å². The quantitative estimate of drug-likeness (QED) is 0.616. The maximum Gasteiger partial charge on any atom is 0.152 e. The summed E-state index contributed by atoms with van der Waals surface area (Å²) in [6.07, 6.45) is 3.38. The summed E-state index contributed by atoms with van der Waals surface area (Å²) in [5, 5.41) is 0. The Bertz CT molecular complexity index is 285. The summed E-state index contributed by atoms with van der Waals surface area (Å²) in [6.45, 7) is 12.0. The molecule has 86 valence electrons. The number of fused-ring (bicyclic) bond motifs is 1. The predicted octanol–water partition coefficient (Wildman–Crippen LogP) is 4.91. The van der Waals surface area contributed by atoms with Crippen molar-refractivity contribution in [2.24, 2.45) is 0 Å². The monoisotopic (exact) mass is 209 g/mol. The van der Waals surface area contributed by atoms with Crippen molar-refractivity contribution in [3.63, 3.8) is 0 Å². The zero-order valence-corrected chi connectivity index (χ0v) is 10.7. The van der Waals surface area contributed by atoms with E-state index in [4.69, 9.17) is 4.42 Å². The lowest BCUT2D eigenvalue weighted by molar-refractivity contribution is 0.615. The van der Waals surface area contributed by atoms with Crippen molar-refractivity contribution in [3.8, 4) is 0 Å². The highest BCUT2D eigenvalue weighted by molar-refractivity contribution is 5.71. The number of rotatable bonds is 0. The van der Waals surface area contributed by atoms with E-state index in [1.807, 2.05) is 59.7 Å². The van der Waals surface area contributed by atoms with Crippen molar-refractivity contribution in [2.45, 2.75) is 41.5 Å². The molecular weight excluding hydrogens is 186 g/mol. The highest BCUT2D eigenvalue weighted by Crippen LogP contribution is 2.09. The zero-order valence-electron chi connectivity index (χ0n) is 10.7. The first-order valence-electron chi connectivity index (χ1n) is 5.75. The van der Waals surface area contributed by atoms with Gasteiger partial charge in [0.1, 0.15) is 5.52 Å². The average Bonchev–Trinajstić information content (AvgIpc) is 2.85. The summed E-state index contributed by atoms with van der Waals surface area (Å²) >= 11 is 0. The molecule has 0 saturated carbocycles. The highest BCUT2D eigenvalue weighted by Gasteiger charge is 1.91. The van der Waals surface area contributed by atoms with E-state index in [0.717, 1.165) is 11.1 Å². The molecule has 2 aromatic rings. The Kier molecular flexibility index (Phi) is 13.6. The van der Waals surface area contributed by atoms with Gasteiger partial charge in [-0.1, -0.05) is 41.5 Å². The van der Waals surface area contributed by atoms with E-state index in [0.29, 0.717) is 0 Å². The van der Waals surface area contributed by atoms with Crippen LogP contribution >= 0.6 is 0 Å². The van der Waals surface area contributed by atoms with E-state index in [1.54, 1.807) is 12.5 Å². The topological polar surface area (TPSA) is 26.0 Å². The molecule has 0 atom stereocenters. The molecule has 2 heterocycles. The minimum absolute atomic E-state index is 0.845. The van der Waals surface area contributed by atoms with Crippen LogP contribution in [-0.4, -0.2) is 4.98 Å². The van der Waals surface area contributed by atoms with Crippen LogP contribution in [0.15, 0.2) is 35.1 Å². The van der Waals surface area contributed by atoms with Crippen molar-refractivity contribution in [1.29, 1.82) is 0 Å². The van der Waals surface area contributed by atoms with Crippen molar-refractivity contribution in [1.82, 2.24) is 4.98 Å². The Morgan fingerprint density at radius 1 is 0.933 bits per heavy atom. The highest BCUT2D eigenvalue weighted by atomic mass is 16.3. The second-order valence-corrected chi connectivity index (χ2v) is 1.81. The molecule has 0 spiro atoms. The van der Waals surface area contributed by atoms with Gasteiger partial charge in [0.05, 0.1) is 6.26 Å². The zero-order chi connectivity index (χ0) is 12.1. The standard InChI is InChI=1S/C7H5NO.3C2H6/c1-2-7-6(8-4-1)3-5-9-7;3*1-2/h1-5H;3*1-2H3. The molecule has 0 amide bonds. The van der Waals surface area contributed by atoms with Gasteiger partial charge in [-0.05, 0) is 12.1 Å². The van der Waals surface area contributed by atoms with Crippen LogP contribution in [0.3, 0.4) is 0 Å². The summed E-state index contributed by atoms with van der Waals surface area (Å²) in [7, 11) is 0. The van der Waals surface area contributed by atoms with Crippen LogP contribution in [0.1, 0.15) is 41.5 Å². The van der Waals surface area contributed by atoms with Crippen LogP contribution in [-0.2, 0) is 0 Å². The number of hydrogen-bond acceptors (Lipinski definition) is 2. The second-order valence-electron chi connectivity index (χ2n) is 1.81. The molecule has 0 aromatic carbocycles. The second kappa shape index (κ2) is 12.7. The Labute approximate surface area is 93.3 Å². The molecule has 2 heteroatoms. The van der Waals surface area contributed by atoms with E-state index >= 15 is 0 Å². The van der Waals surface area contributed by atoms with Gasteiger partial charge in [-0.3, -0.25) is 4.98 Å². The fourth-order valence-corrected chi connectivity index (χ4v) is 0.799. The van der Waals surface area contributed by atoms with Gasteiger partial charge in [0.2, 0.25) is 0 Å². The SMILES string of the molecule is CC.CC.CC.c1cnc2ccoc2c1. The third-order valence-corrected chi connectivity index (χ3v) is 1.22. The van der Waals surface area contributed by atoms with Gasteiger partial charge in [-0.15, -0.1) is 0 Å². The Morgan fingerprint density at radius 2 is 1.53 bits per heavy atom. The van der Waals surface area contributed by atoms with Gasteiger partial charge in [-0.25, -0.2) is 0 Å². The molecule has 0 unspecified atom stereocenters. The lowest BCUT2D eigenvalue weighted by Gasteiger charge is -1.80. The van der Waals surface area contributed by atoms with Crippen LogP contribution < -0.4 is 0 Å². The number of aromatic nitrogens is 1. The molecule has 0 saturated heterocycles. The largest absolute Gasteiger partial charge is 0.463 e. The van der Waals surface area contributed by atoms with Crippen LogP contribution in [0.2, 0.25) is 0 Å². The molecule has 2 rings (SSSR count). The molecule has 2 nitrogen and oxygen atoms in total. The van der Waals surface area contributed by atoms with E-state index in [-0.39, 0.29) is 0 Å². The lowest BCUT2D eigenvalue weighted by atomic mass is 10.4. The van der Waals surface area contributed by atoms with Crippen LogP contribution in [0.25, 0.3) is 11.1 Å². The van der Waals surface area contributed by atoms with Gasteiger partial charge in [-0.2, -0.15) is 0 Å². The summed E-state index contributed by atoms with van der Waals surface area (Å²) in [6, 6.07) is 5.59.